The molecular weight excluding hydrogens is 241 g/mol. The summed E-state index contributed by atoms with van der Waals surface area (Å²) in [5.41, 5.74) is 0. The van der Waals surface area contributed by atoms with E-state index < -0.39 is 38.8 Å². The molecule has 3 atom stereocenters. The molecule has 2 aliphatic rings. The monoisotopic (exact) mass is 250 g/mol. The summed E-state index contributed by atoms with van der Waals surface area (Å²) in [7, 11) is 0. The first-order valence-corrected chi connectivity index (χ1v) is 7.26. The van der Waals surface area contributed by atoms with Crippen LogP contribution in [0.2, 0.25) is 0 Å². The second-order valence-electron chi connectivity index (χ2n) is 2.86. The molecule has 0 amide bonds. The van der Waals surface area contributed by atoms with Crippen molar-refractivity contribution in [3.8, 4) is 0 Å². The van der Waals surface area contributed by atoms with Crippen molar-refractivity contribution in [2.24, 2.45) is 0 Å². The van der Waals surface area contributed by atoms with Crippen LogP contribution >= 0.6 is 0 Å². The van der Waals surface area contributed by atoms with Crippen LogP contribution in [0.3, 0.4) is 0 Å². The summed E-state index contributed by atoms with van der Waals surface area (Å²) in [6.07, 6.45) is -1.39. The van der Waals surface area contributed by atoms with Gasteiger partial charge in [0, 0.05) is 0 Å². The summed E-state index contributed by atoms with van der Waals surface area (Å²) in [6.45, 7) is 3.06. The summed E-state index contributed by atoms with van der Waals surface area (Å²) in [4.78, 5) is 22.0. The molecule has 0 saturated carbocycles. The molecule has 2 saturated heterocycles. The first-order chi connectivity index (χ1) is 6.02. The molecule has 2 rings (SSSR count). The quantitative estimate of drug-likeness (QED) is 0.531. The van der Waals surface area contributed by atoms with Gasteiger partial charge in [0.05, 0.1) is 0 Å². The van der Waals surface area contributed by atoms with Gasteiger partial charge < -0.3 is 0 Å². The van der Waals surface area contributed by atoms with Crippen LogP contribution < -0.4 is 0 Å². The van der Waals surface area contributed by atoms with Crippen molar-refractivity contribution in [2.45, 2.75) is 26.1 Å². The van der Waals surface area contributed by atoms with E-state index in [1.54, 1.807) is 0 Å². The van der Waals surface area contributed by atoms with E-state index in [4.69, 9.17) is 15.1 Å². The molecule has 1 unspecified atom stereocenters. The van der Waals surface area contributed by atoms with Gasteiger partial charge in [0.25, 0.3) is 0 Å². The standard InChI is InChI=1S/C6H8GeO6/c1-3-5(8)12-7(10-3)11-4(2)6(9)13-7/h3-4H,1-2H3/t3-,4+,7?. The number of hydrogen-bond donors (Lipinski definition) is 0. The zero-order valence-corrected chi connectivity index (χ0v) is 9.20. The van der Waals surface area contributed by atoms with Gasteiger partial charge in [-0.25, -0.2) is 0 Å². The predicted molar refractivity (Wildman–Crippen MR) is 39.0 cm³/mol. The van der Waals surface area contributed by atoms with Gasteiger partial charge in [-0.3, -0.25) is 0 Å². The van der Waals surface area contributed by atoms with Crippen LogP contribution in [-0.4, -0.2) is 38.8 Å². The molecule has 0 aliphatic carbocycles. The van der Waals surface area contributed by atoms with Crippen LogP contribution in [0, 0.1) is 0 Å². The molecule has 1 spiro atoms. The third-order valence-electron chi connectivity index (χ3n) is 1.76. The number of hydrogen-bond acceptors (Lipinski definition) is 6. The fourth-order valence-electron chi connectivity index (χ4n) is 1.09. The number of carbonyl (C=O) groups is 2. The van der Waals surface area contributed by atoms with Crippen molar-refractivity contribution in [3.63, 3.8) is 0 Å². The molecule has 0 radical (unpaired) electrons. The van der Waals surface area contributed by atoms with Crippen LogP contribution in [-0.2, 0) is 24.6 Å². The Bertz CT molecular complexity index is 248. The molecule has 6 nitrogen and oxygen atoms in total. The van der Waals surface area contributed by atoms with Gasteiger partial charge in [0.15, 0.2) is 0 Å². The van der Waals surface area contributed by atoms with Crippen molar-refractivity contribution >= 4 is 26.6 Å². The van der Waals surface area contributed by atoms with E-state index in [-0.39, 0.29) is 0 Å². The third-order valence-corrected chi connectivity index (χ3v) is 6.35. The van der Waals surface area contributed by atoms with Crippen LogP contribution in [0.4, 0.5) is 0 Å². The normalized spacial score (nSPS) is 43.8. The van der Waals surface area contributed by atoms with E-state index in [0.29, 0.717) is 0 Å². The van der Waals surface area contributed by atoms with Crippen molar-refractivity contribution in [3.05, 3.63) is 0 Å². The fourth-order valence-corrected chi connectivity index (χ4v) is 5.65. The Balaban J connectivity index is 2.17. The number of carbonyl (C=O) groups excluding carboxylic acids is 2. The van der Waals surface area contributed by atoms with Crippen molar-refractivity contribution in [2.75, 3.05) is 0 Å². The third kappa shape index (κ3) is 1.34. The second kappa shape index (κ2) is 2.69. The molecule has 0 N–H and O–H groups in total. The first kappa shape index (κ1) is 8.98. The number of rotatable bonds is 0. The Kier molecular flexibility index (Phi) is 1.86. The summed E-state index contributed by atoms with van der Waals surface area (Å²) < 4.78 is 19.9. The molecule has 0 aromatic rings. The SMILES string of the molecule is C[C@@H]1[O][Ge]2([O]C1=O)[O]C(=O)[C@@H](C)[O]2. The molecule has 13 heavy (non-hydrogen) atoms. The van der Waals surface area contributed by atoms with Gasteiger partial charge in [-0.15, -0.1) is 0 Å². The van der Waals surface area contributed by atoms with Gasteiger partial charge in [-0.05, 0) is 0 Å². The van der Waals surface area contributed by atoms with E-state index in [0.717, 1.165) is 0 Å². The van der Waals surface area contributed by atoms with Crippen LogP contribution in [0.1, 0.15) is 13.8 Å². The summed E-state index contributed by atoms with van der Waals surface area (Å²) in [6, 6.07) is 0. The zero-order valence-electron chi connectivity index (χ0n) is 7.10. The molecular formula is C6H8GeO6. The Morgan fingerprint density at radius 3 is 1.62 bits per heavy atom. The Morgan fingerprint density at radius 1 is 1.00 bits per heavy atom. The minimum atomic E-state index is -3.94. The van der Waals surface area contributed by atoms with Crippen LogP contribution in [0.25, 0.3) is 0 Å². The molecule has 2 aliphatic heterocycles. The Hall–Kier alpha value is -0.597. The summed E-state index contributed by atoms with van der Waals surface area (Å²) in [5, 5.41) is 0. The maximum absolute atomic E-state index is 11.0. The second-order valence-corrected chi connectivity index (χ2v) is 6.81. The van der Waals surface area contributed by atoms with Gasteiger partial charge in [-0.2, -0.15) is 0 Å². The molecule has 0 aromatic carbocycles. The van der Waals surface area contributed by atoms with Crippen LogP contribution in [0.5, 0.6) is 0 Å². The average Bonchev–Trinajstić information content (AvgIpc) is 2.39. The average molecular weight is 249 g/mol. The van der Waals surface area contributed by atoms with Crippen molar-refractivity contribution in [1.29, 1.82) is 0 Å². The molecule has 0 aromatic heterocycles. The van der Waals surface area contributed by atoms with E-state index in [1.165, 1.54) is 13.8 Å². The van der Waals surface area contributed by atoms with Gasteiger partial charge >= 0.3 is 77.3 Å². The Labute approximate surface area is 77.8 Å². The van der Waals surface area contributed by atoms with E-state index >= 15 is 0 Å². The Morgan fingerprint density at radius 2 is 1.38 bits per heavy atom. The van der Waals surface area contributed by atoms with Gasteiger partial charge in [0.1, 0.15) is 0 Å². The van der Waals surface area contributed by atoms with Crippen molar-refractivity contribution in [1.82, 2.24) is 0 Å². The van der Waals surface area contributed by atoms with Crippen molar-refractivity contribution < 1.29 is 24.6 Å². The maximum atomic E-state index is 11.0. The minimum absolute atomic E-state index is 0.526. The first-order valence-electron chi connectivity index (χ1n) is 3.84. The van der Waals surface area contributed by atoms with E-state index in [1.807, 2.05) is 0 Å². The molecule has 72 valence electrons. The molecule has 7 heteroatoms. The van der Waals surface area contributed by atoms with E-state index in [9.17, 15) is 9.59 Å². The zero-order chi connectivity index (χ0) is 9.64. The van der Waals surface area contributed by atoms with Crippen LogP contribution in [0.15, 0.2) is 0 Å². The molecule has 2 fully saturated rings. The molecule has 2 heterocycles. The molecule has 0 bridgehead atoms. The van der Waals surface area contributed by atoms with Gasteiger partial charge in [-0.1, -0.05) is 0 Å². The predicted octanol–water partition coefficient (Wildman–Crippen LogP) is -0.654. The summed E-state index contributed by atoms with van der Waals surface area (Å²) >= 11 is -3.94. The van der Waals surface area contributed by atoms with E-state index in [2.05, 4.69) is 0 Å². The van der Waals surface area contributed by atoms with Gasteiger partial charge in [0.2, 0.25) is 0 Å². The topological polar surface area (TPSA) is 71.1 Å². The summed E-state index contributed by atoms with van der Waals surface area (Å²) in [5.74, 6) is -1.05. The fraction of sp³-hybridized carbons (Fsp3) is 0.667.